The molecular weight excluding hydrogens is 793 g/mol. The van der Waals surface area contributed by atoms with E-state index in [1.165, 1.54) is 28.7 Å². The van der Waals surface area contributed by atoms with E-state index in [0.29, 0.717) is 10.8 Å². The third-order valence-corrected chi connectivity index (χ3v) is 23.7. The summed E-state index contributed by atoms with van der Waals surface area (Å²) in [5, 5.41) is 3.05. The molecule has 0 aromatic heterocycles. The molecule has 0 N–H and O–H groups in total. The first-order valence-electron chi connectivity index (χ1n) is 23.7. The second-order valence-corrected chi connectivity index (χ2v) is 26.6. The van der Waals surface area contributed by atoms with Crippen LogP contribution in [0.1, 0.15) is 68.3 Å². The van der Waals surface area contributed by atoms with Gasteiger partial charge in [-0.3, -0.25) is 0 Å². The molecule has 61 heavy (non-hydrogen) atoms. The van der Waals surface area contributed by atoms with Crippen molar-refractivity contribution < 1.29 is 5.48 Å². The monoisotopic (exact) mass is 852 g/mol. The molecule has 0 unspecified atom stereocenters. The van der Waals surface area contributed by atoms with Crippen LogP contribution < -0.4 is 17.6 Å². The minimum atomic E-state index is -3.84. The van der Waals surface area contributed by atoms with E-state index in [0.717, 1.165) is 68.1 Å². The molecule has 0 spiro atoms. The van der Waals surface area contributed by atoms with Crippen LogP contribution in [0.2, 0.25) is 0 Å². The molecule has 0 amide bonds. The van der Waals surface area contributed by atoms with Crippen molar-refractivity contribution in [2.75, 3.05) is 0 Å². The van der Waals surface area contributed by atoms with Gasteiger partial charge >= 0.3 is 373 Å². The van der Waals surface area contributed by atoms with Crippen molar-refractivity contribution in [1.29, 1.82) is 0 Å². The molecule has 9 aromatic rings. The van der Waals surface area contributed by atoms with E-state index in [1.807, 2.05) is 0 Å². The summed E-state index contributed by atoms with van der Waals surface area (Å²) < 4.78 is 43.6. The van der Waals surface area contributed by atoms with E-state index in [2.05, 4.69) is 211 Å². The van der Waals surface area contributed by atoms with Crippen molar-refractivity contribution in [3.05, 3.63) is 216 Å². The van der Waals surface area contributed by atoms with Crippen molar-refractivity contribution in [1.82, 2.24) is 0 Å². The average molecular weight is 852 g/mol. The van der Waals surface area contributed by atoms with Crippen molar-refractivity contribution in [3.63, 3.8) is 0 Å². The molecule has 0 saturated heterocycles. The van der Waals surface area contributed by atoms with Gasteiger partial charge in [0, 0.05) is 0 Å². The molecule has 0 heterocycles. The normalized spacial score (nSPS) is 15.4. The number of benzene rings is 9. The Hall–Kier alpha value is -5.96. The summed E-state index contributed by atoms with van der Waals surface area (Å²) in [5.41, 5.74) is 10.4. The molecule has 0 radical (unpaired) electrons. The second-order valence-electron chi connectivity index (χ2n) is 18.6. The quantitative estimate of drug-likeness (QED) is 0.111. The molecule has 9 aromatic carbocycles. The van der Waals surface area contributed by atoms with Crippen LogP contribution in [0, 0.1) is 13.8 Å². The zero-order chi connectivity index (χ0) is 45.4. The van der Waals surface area contributed by atoms with Crippen LogP contribution in [-0.2, 0) is 10.8 Å². The molecule has 1 heteroatoms. The Morgan fingerprint density at radius 1 is 0.410 bits per heavy atom. The first kappa shape index (κ1) is 34.7. The van der Waals surface area contributed by atoms with Crippen LogP contribution in [0.5, 0.6) is 0 Å². The number of fused-ring (bicyclic) bond motifs is 3. The predicted molar refractivity (Wildman–Crippen MR) is 266 cm³/mol. The molecule has 0 aliphatic heterocycles. The standard InChI is InChI=1S/C60H54Ge/c1-41-35-42(2)37-44(36-41)57-49-29-19-20-30-50(49)58(54-40-56-55(59(3,4)33-34-60(56,5)6)39-52(54)43-21-11-7-12-22-43)51-32-31-48(38-53(51)57)61(45-23-13-8-14-24-45,46-25-15-9-16-26-46)47-27-17-10-18-28-47/h7-32,35-40H,33-34H2,1-6H3/i19D,20D,29D,30D. The van der Waals surface area contributed by atoms with Gasteiger partial charge in [0.25, 0.3) is 0 Å². The molecular formula is C60H54Ge. The van der Waals surface area contributed by atoms with Crippen molar-refractivity contribution in [2.24, 2.45) is 0 Å². The van der Waals surface area contributed by atoms with Gasteiger partial charge in [0.2, 0.25) is 0 Å². The van der Waals surface area contributed by atoms with Crippen LogP contribution in [0.3, 0.4) is 0 Å². The van der Waals surface area contributed by atoms with Crippen LogP contribution >= 0.6 is 0 Å². The Morgan fingerprint density at radius 3 is 1.38 bits per heavy atom. The maximum absolute atomic E-state index is 9.94. The summed E-state index contributed by atoms with van der Waals surface area (Å²) in [7, 11) is 0. The summed E-state index contributed by atoms with van der Waals surface area (Å²) in [4.78, 5) is 0. The third-order valence-electron chi connectivity index (χ3n) is 13.7. The minimum absolute atomic E-state index is 0.0196. The maximum atomic E-state index is 9.94. The van der Waals surface area contributed by atoms with Gasteiger partial charge in [-0.2, -0.15) is 0 Å². The van der Waals surface area contributed by atoms with Crippen LogP contribution in [-0.4, -0.2) is 13.3 Å². The summed E-state index contributed by atoms with van der Waals surface area (Å²) in [6.07, 6.45) is 2.12. The van der Waals surface area contributed by atoms with E-state index in [4.69, 9.17) is 0 Å². The average Bonchev–Trinajstić information content (AvgIpc) is 3.32. The van der Waals surface area contributed by atoms with E-state index in [1.54, 1.807) is 0 Å². The van der Waals surface area contributed by atoms with Crippen LogP contribution in [0.25, 0.3) is 54.9 Å². The molecule has 10 rings (SSSR count). The Kier molecular flexibility index (Phi) is 8.65. The second kappa shape index (κ2) is 15.2. The Balaban J connectivity index is 1.47. The van der Waals surface area contributed by atoms with E-state index < -0.39 is 13.3 Å². The Bertz CT molecular complexity index is 3190. The van der Waals surface area contributed by atoms with Gasteiger partial charge in [-0.15, -0.1) is 0 Å². The molecule has 0 nitrogen and oxygen atoms in total. The molecule has 0 atom stereocenters. The number of rotatable bonds is 7. The number of aryl methyl sites for hydroxylation is 2. The van der Waals surface area contributed by atoms with Gasteiger partial charge in [-0.05, 0) is 0 Å². The summed E-state index contributed by atoms with van der Waals surface area (Å²) in [5.74, 6) is 0. The molecule has 1 aliphatic carbocycles. The summed E-state index contributed by atoms with van der Waals surface area (Å²) in [6.45, 7) is 13.7. The fourth-order valence-electron chi connectivity index (χ4n) is 10.6. The summed E-state index contributed by atoms with van der Waals surface area (Å²) in [6, 6.07) is 61.6. The zero-order valence-corrected chi connectivity index (χ0v) is 38.2. The zero-order valence-electron chi connectivity index (χ0n) is 40.1. The van der Waals surface area contributed by atoms with Gasteiger partial charge in [-0.25, -0.2) is 0 Å². The van der Waals surface area contributed by atoms with Crippen molar-refractivity contribution >= 4 is 52.4 Å². The Labute approximate surface area is 371 Å². The van der Waals surface area contributed by atoms with Crippen LogP contribution in [0.4, 0.5) is 0 Å². The van der Waals surface area contributed by atoms with Crippen molar-refractivity contribution in [2.45, 2.75) is 65.2 Å². The first-order chi connectivity index (χ1) is 31.2. The predicted octanol–water partition coefficient (Wildman–Crippen LogP) is 13.3. The van der Waals surface area contributed by atoms with Crippen LogP contribution in [0.15, 0.2) is 194 Å². The van der Waals surface area contributed by atoms with Gasteiger partial charge in [0.15, 0.2) is 0 Å². The van der Waals surface area contributed by atoms with Gasteiger partial charge in [-0.1, -0.05) is 0 Å². The summed E-state index contributed by atoms with van der Waals surface area (Å²) >= 11 is -3.84. The van der Waals surface area contributed by atoms with E-state index in [9.17, 15) is 5.48 Å². The third kappa shape index (κ3) is 6.59. The molecule has 0 bridgehead atoms. The van der Waals surface area contributed by atoms with Gasteiger partial charge < -0.3 is 0 Å². The fourth-order valence-corrected chi connectivity index (χ4v) is 20.6. The molecule has 1 aliphatic rings. The topological polar surface area (TPSA) is 0 Å². The SMILES string of the molecule is [2H]c1c([2H])c([2H])c2c(-c3cc4c(cc3-c3ccccc3)C(C)(C)CCC4(C)C)c3cc[c]([Ge]([c]4ccccc4)([c]4ccccc4)[c]4ccccc4)cc3c(-c3cc(C)cc(C)c3)c2c1[2H]. The van der Waals surface area contributed by atoms with E-state index in [-0.39, 0.29) is 35.0 Å². The first-order valence-corrected chi connectivity index (χ1v) is 25.9. The van der Waals surface area contributed by atoms with Crippen molar-refractivity contribution in [3.8, 4) is 33.4 Å². The molecule has 298 valence electrons. The van der Waals surface area contributed by atoms with Gasteiger partial charge in [0.05, 0.1) is 0 Å². The number of hydrogen-bond acceptors (Lipinski definition) is 0. The number of hydrogen-bond donors (Lipinski definition) is 0. The van der Waals surface area contributed by atoms with E-state index >= 15 is 0 Å². The fraction of sp³-hybridized carbons (Fsp3) is 0.167. The van der Waals surface area contributed by atoms with Gasteiger partial charge in [0.1, 0.15) is 0 Å². The molecule has 0 fully saturated rings. The Morgan fingerprint density at radius 2 is 0.869 bits per heavy atom. The molecule has 0 saturated carbocycles.